The van der Waals surface area contributed by atoms with Crippen molar-refractivity contribution in [2.75, 3.05) is 33.0 Å². The molecular weight excluding hydrogens is 1970 g/mol. The van der Waals surface area contributed by atoms with E-state index in [2.05, 4.69) is 0 Å². The minimum absolute atomic E-state index is 0.0166. The number of alkyl halides is 3. The summed E-state index contributed by atoms with van der Waals surface area (Å²) in [5, 5.41) is 45.4. The molecule has 0 radical (unpaired) electrons. The molecule has 15 N–H and O–H groups in total. The van der Waals surface area contributed by atoms with E-state index in [1.165, 1.54) is 28.7 Å². The molecule has 16 rings (SSSR count). The number of amides is 5. The molecule has 0 saturated carbocycles. The summed E-state index contributed by atoms with van der Waals surface area (Å²) in [6, 6.07) is 65.5. The van der Waals surface area contributed by atoms with Gasteiger partial charge in [0.05, 0.1) is 61.0 Å². The number of carboxylic acid groups (broad SMARTS) is 5. The summed E-state index contributed by atoms with van der Waals surface area (Å²) in [6.45, 7) is 6.12. The molecule has 0 unspecified atom stereocenters. The first-order valence-corrected chi connectivity index (χ1v) is 46.8. The van der Waals surface area contributed by atoms with Crippen LogP contribution in [0.15, 0.2) is 255 Å². The van der Waals surface area contributed by atoms with Gasteiger partial charge in [0.25, 0.3) is 58.5 Å². The number of halogens is 4. The Labute approximate surface area is 857 Å². The highest BCUT2D eigenvalue weighted by Gasteiger charge is 2.36. The normalized spacial score (nSPS) is 10.9. The largest absolute Gasteiger partial charge is 0.480 e. The van der Waals surface area contributed by atoms with Gasteiger partial charge < -0.3 is 99.9 Å². The van der Waals surface area contributed by atoms with E-state index in [0.29, 0.717) is 111 Å². The maximum atomic E-state index is 13.1. The highest BCUT2D eigenvalue weighted by Crippen LogP contribution is 2.42. The number of nitrogens with two attached hydrogens (primary N) is 5. The van der Waals surface area contributed by atoms with Gasteiger partial charge in [-0.05, 0) is 178 Å². The average Bonchev–Trinajstić information content (AvgIpc) is 1.64. The highest BCUT2D eigenvalue weighted by molar-refractivity contribution is 6.47. The van der Waals surface area contributed by atoms with Gasteiger partial charge >= 0.3 is 36.0 Å². The lowest BCUT2D eigenvalue weighted by Crippen LogP contribution is -2.24. The fourth-order valence-electron chi connectivity index (χ4n) is 17.9. The lowest BCUT2D eigenvalue weighted by atomic mass is 9.94. The monoisotopic (exact) mass is 2060 g/mol. The summed E-state index contributed by atoms with van der Waals surface area (Å²) in [5.41, 5.74) is 40.8. The fourth-order valence-corrected chi connectivity index (χ4v) is 18.1. The number of carboxylic acids is 5. The van der Waals surface area contributed by atoms with Crippen LogP contribution in [0.1, 0.15) is 169 Å². The summed E-state index contributed by atoms with van der Waals surface area (Å²) >= 11 is 6.10. The zero-order chi connectivity index (χ0) is 109. The van der Waals surface area contributed by atoms with E-state index in [9.17, 15) is 85.1 Å². The Kier molecular flexibility index (Phi) is 36.1. The van der Waals surface area contributed by atoms with Crippen LogP contribution in [-0.2, 0) is 112 Å². The molecule has 0 fully saturated rings. The van der Waals surface area contributed by atoms with Crippen molar-refractivity contribution in [3.05, 3.63) is 378 Å². The number of ketones is 5. The number of carbonyl (C=O) groups is 15. The molecule has 0 spiro atoms. The number of hydrogen-bond acceptors (Lipinski definition) is 20. The third-order valence-corrected chi connectivity index (χ3v) is 24.3. The number of pyridine rings is 5. The van der Waals surface area contributed by atoms with Gasteiger partial charge in [-0.2, -0.15) is 13.2 Å². The van der Waals surface area contributed by atoms with Crippen molar-refractivity contribution in [1.29, 1.82) is 0 Å². The third kappa shape index (κ3) is 25.4. The second-order valence-electron chi connectivity index (χ2n) is 33.6. The summed E-state index contributed by atoms with van der Waals surface area (Å²) in [7, 11) is 0. The van der Waals surface area contributed by atoms with Crippen LogP contribution in [0.25, 0.3) is 38.7 Å². The van der Waals surface area contributed by atoms with E-state index < -0.39 is 133 Å². The number of Topliss-reactive ketones (excluding diaryl/α,β-unsaturated/α-hetero) is 5. The van der Waals surface area contributed by atoms with E-state index in [1.54, 1.807) is 117 Å². The number of nitrogens with zero attached hydrogens (tertiary/aromatic N) is 5. The molecule has 10 heterocycles. The third-order valence-electron chi connectivity index (χ3n) is 24.0. The van der Waals surface area contributed by atoms with Crippen LogP contribution in [0.4, 0.5) is 13.2 Å². The van der Waals surface area contributed by atoms with E-state index in [4.69, 9.17) is 89.5 Å². The molecule has 5 amide bonds. The predicted octanol–water partition coefficient (Wildman–Crippen LogP) is 14.2. The van der Waals surface area contributed by atoms with Gasteiger partial charge in [0, 0.05) is 96.6 Å². The van der Waals surface area contributed by atoms with Crippen molar-refractivity contribution in [1.82, 2.24) is 22.0 Å². The first-order valence-electron chi connectivity index (χ1n) is 46.4. The van der Waals surface area contributed by atoms with Crippen LogP contribution in [-0.4, -0.2) is 169 Å². The number of hydrogen-bond donors (Lipinski definition) is 10. The van der Waals surface area contributed by atoms with Gasteiger partial charge in [-0.1, -0.05) is 185 Å². The van der Waals surface area contributed by atoms with Crippen molar-refractivity contribution in [3.63, 3.8) is 0 Å². The maximum absolute atomic E-state index is 13.1. The number of aromatic nitrogens is 5. The minimum atomic E-state index is -4.52. The number of fused-ring (bicyclic) bond motifs is 5. The summed E-state index contributed by atoms with van der Waals surface area (Å²) in [6.07, 6.45) is 7.73. The SMILES string of the molecule is CCc1c(C(=O)C(N)=O)c2c(OCC(=O)O)cccn2c1Cc1cccc(C(F)(F)F)c1.CCc1c(C(=O)C(N)=O)c2c(OCC(=O)O)cccn2c1Cc1cccc(Cl)c1.CCc1c(C(=O)C(N)=O)c2c(OCC(=O)O)cccn2c1Cc1ccccc1.CCc1c(C(=O)C(N)=O)c2c(OCC(=O)O)cccn2c1Cc1ccccc1-c1ccccc1.Cc1c(C(=O)C(N)=O)c2c(OCC(=O)O)cccn2c1Cc1ccccc1. The van der Waals surface area contributed by atoms with Crippen LogP contribution in [0.5, 0.6) is 28.7 Å². The summed E-state index contributed by atoms with van der Waals surface area (Å²) < 4.78 is 74.9. The van der Waals surface area contributed by atoms with Crippen LogP contribution in [0.2, 0.25) is 5.02 Å². The van der Waals surface area contributed by atoms with Gasteiger partial charge in [0.2, 0.25) is 0 Å². The molecular formula is C111H100ClF3N10O25. The van der Waals surface area contributed by atoms with Crippen LogP contribution in [0.3, 0.4) is 0 Å². The van der Waals surface area contributed by atoms with Crippen molar-refractivity contribution in [3.8, 4) is 39.9 Å². The lowest BCUT2D eigenvalue weighted by molar-refractivity contribution is -0.140. The molecule has 0 bridgehead atoms. The standard InChI is InChI=1S/C27H24N2O5.C22H19F3N2O5.C21H19ClN2O5.C21H20N2O5.C20H18N2O5/c1-2-19-21(15-18-11-6-7-12-20(18)17-9-4-3-5-10-17)29-14-8-13-22(34-16-23(30)31)25(29)24(19)26(32)27(28)33;1-2-14-15(10-12-5-3-6-13(9-12)22(23,24)25)27-8-4-7-16(32-11-17(28)29)19(27)18(14)20(30)21(26)31;1-2-14-15(10-12-5-3-6-13(22)9-12)24-8-4-7-16(29-11-17(25)26)19(24)18(14)20(27)21(23)28;1-2-14-15(11-13-7-4-3-5-8-13)23-10-6-9-16(28-12-17(24)25)19(23)18(14)20(26)21(22)27;1-12-14(10-13-6-3-2-4-7-13)22-9-5-8-15(27-11-16(23)24)18(22)17(12)19(25)20(21)26/h3-14H,2,15-16H2,1H3,(H2,28,33)(H,30,31);3-9H,2,10-11H2,1H3,(H2,26,31)(H,28,29);3-9H,2,10-11H2,1H3,(H2,23,28)(H,25,26);3-10H,2,11-12H2,1H3,(H2,22,27)(H,24,25);2-9H,10-11H2,1H3,(H2,21,26)(H,23,24). The molecule has 150 heavy (non-hydrogen) atoms. The van der Waals surface area contributed by atoms with Crippen LogP contribution in [0, 0.1) is 6.92 Å². The quantitative estimate of drug-likeness (QED) is 0.0126. The van der Waals surface area contributed by atoms with Crippen molar-refractivity contribution >= 4 is 127 Å². The number of rotatable bonds is 40. The first-order chi connectivity index (χ1) is 71.6. The minimum Gasteiger partial charge on any atom is -0.480 e. The number of primary amides is 5. The topological polar surface area (TPSA) is 556 Å². The van der Waals surface area contributed by atoms with Gasteiger partial charge in [-0.3, -0.25) is 47.9 Å². The molecule has 39 heteroatoms. The van der Waals surface area contributed by atoms with E-state index in [1.807, 2.05) is 154 Å². The van der Waals surface area contributed by atoms with Crippen molar-refractivity contribution in [2.45, 2.75) is 98.6 Å². The van der Waals surface area contributed by atoms with Crippen molar-refractivity contribution < 1.29 is 134 Å². The Morgan fingerprint density at radius 3 is 0.867 bits per heavy atom. The summed E-state index contributed by atoms with van der Waals surface area (Å²) in [5.74, 6) is -14.9. The zero-order valence-corrected chi connectivity index (χ0v) is 81.9. The molecule has 0 saturated heterocycles. The molecule has 772 valence electrons. The molecule has 35 nitrogen and oxygen atoms in total. The van der Waals surface area contributed by atoms with E-state index in [0.717, 1.165) is 68.3 Å². The summed E-state index contributed by atoms with van der Waals surface area (Å²) in [4.78, 5) is 177. The first kappa shape index (κ1) is 110. The maximum Gasteiger partial charge on any atom is 0.416 e. The molecule has 0 aliphatic carbocycles. The number of aliphatic carboxylic acids is 5. The van der Waals surface area contributed by atoms with Gasteiger partial charge in [-0.25, -0.2) is 24.0 Å². The second kappa shape index (κ2) is 49.2. The highest BCUT2D eigenvalue weighted by atomic mass is 35.5. The average molecular weight is 2070 g/mol. The van der Waals surface area contributed by atoms with E-state index >= 15 is 0 Å². The van der Waals surface area contributed by atoms with E-state index in [-0.39, 0.29) is 74.9 Å². The van der Waals surface area contributed by atoms with Gasteiger partial charge in [0.15, 0.2) is 33.0 Å². The molecule has 10 aromatic heterocycles. The number of carbonyl (C=O) groups excluding carboxylic acids is 10. The predicted molar refractivity (Wildman–Crippen MR) is 544 cm³/mol. The molecule has 16 aromatic rings. The lowest BCUT2D eigenvalue weighted by Gasteiger charge is -2.12. The number of ether oxygens (including phenoxy) is 5. The second-order valence-corrected chi connectivity index (χ2v) is 34.0. The van der Waals surface area contributed by atoms with Gasteiger partial charge in [-0.15, -0.1) is 0 Å². The van der Waals surface area contributed by atoms with Crippen LogP contribution >= 0.6 is 11.6 Å². The number of benzene rings is 6. The Morgan fingerprint density at radius 1 is 0.300 bits per heavy atom. The fraction of sp³-hybridized carbons (Fsp3) is 0.180. The van der Waals surface area contributed by atoms with Crippen LogP contribution < -0.4 is 52.4 Å². The molecule has 0 aliphatic rings. The smallest absolute Gasteiger partial charge is 0.416 e. The Bertz CT molecular complexity index is 7960. The van der Waals surface area contributed by atoms with Crippen molar-refractivity contribution in [2.24, 2.45) is 28.7 Å². The Balaban J connectivity index is 0.000000167. The zero-order valence-electron chi connectivity index (χ0n) is 81.2. The Morgan fingerprint density at radius 2 is 0.560 bits per heavy atom. The Hall–Kier alpha value is -18.8. The molecule has 0 aliphatic heterocycles. The molecule has 0 atom stereocenters. The molecule has 6 aromatic carbocycles. The van der Waals surface area contributed by atoms with Gasteiger partial charge in [0.1, 0.15) is 28.7 Å².